The Morgan fingerprint density at radius 3 is 2.44 bits per heavy atom. The van der Waals surface area contributed by atoms with Crippen molar-refractivity contribution in [1.29, 1.82) is 0 Å². The van der Waals surface area contributed by atoms with Crippen LogP contribution < -0.4 is 0 Å². The van der Waals surface area contributed by atoms with Gasteiger partial charge in [0.2, 0.25) is 7.37 Å². The molecule has 56 valence electrons. The van der Waals surface area contributed by atoms with Crippen LogP contribution in [0.5, 0.6) is 0 Å². The number of alkyl halides is 1. The number of rotatable bonds is 4. The molecule has 9 heavy (non-hydrogen) atoms. The van der Waals surface area contributed by atoms with E-state index in [0.29, 0.717) is 0 Å². The van der Waals surface area contributed by atoms with Crippen LogP contribution in [0.25, 0.3) is 0 Å². The van der Waals surface area contributed by atoms with Gasteiger partial charge in [0.25, 0.3) is 0 Å². The lowest BCUT2D eigenvalue weighted by Crippen LogP contribution is -1.92. The van der Waals surface area contributed by atoms with Gasteiger partial charge in [-0.15, -0.1) is 11.6 Å². The van der Waals surface area contributed by atoms with Crippen molar-refractivity contribution >= 4 is 19.0 Å². The van der Waals surface area contributed by atoms with E-state index in [0.717, 1.165) is 0 Å². The Morgan fingerprint density at radius 1 is 1.78 bits per heavy atom. The van der Waals surface area contributed by atoms with Gasteiger partial charge < -0.3 is 4.52 Å². The van der Waals surface area contributed by atoms with E-state index in [1.165, 1.54) is 0 Å². The van der Waals surface area contributed by atoms with E-state index in [1.54, 1.807) is 13.8 Å². The highest BCUT2D eigenvalue weighted by Crippen LogP contribution is 2.46. The average molecular weight is 173 g/mol. The third kappa shape index (κ3) is 3.24. The maximum absolute atomic E-state index is 11.5. The van der Waals surface area contributed by atoms with E-state index in [1.807, 2.05) is 0 Å². The highest BCUT2D eigenvalue weighted by atomic mass is 35.5. The molecule has 0 bridgehead atoms. The first-order valence-electron chi connectivity index (χ1n) is 3.80. The van der Waals surface area contributed by atoms with Crippen molar-refractivity contribution in [1.82, 2.24) is 0 Å². The van der Waals surface area contributed by atoms with Crippen molar-refractivity contribution in [3.8, 4) is 0 Å². The van der Waals surface area contributed by atoms with Gasteiger partial charge >= 0.3 is 0 Å². The van der Waals surface area contributed by atoms with Gasteiger partial charge in [0.05, 0.1) is 14.9 Å². The fourth-order valence-corrected chi connectivity index (χ4v) is 1.66. The zero-order valence-electron chi connectivity index (χ0n) is 7.56. The molecule has 0 aromatic carbocycles. The second-order valence-corrected chi connectivity index (χ2v) is 4.41. The van der Waals surface area contributed by atoms with Crippen molar-refractivity contribution in [2.24, 2.45) is 0 Å². The van der Waals surface area contributed by atoms with Gasteiger partial charge in [-0.3, -0.25) is 4.57 Å². The Labute approximate surface area is 63.8 Å². The molecule has 0 fully saturated rings. The van der Waals surface area contributed by atoms with Crippen LogP contribution in [0.15, 0.2) is 0 Å². The molecule has 0 saturated carbocycles. The molecule has 0 aromatic rings. The number of hydrogen-bond acceptors (Lipinski definition) is 2. The Balaban J connectivity index is 4.48. The van der Waals surface area contributed by atoms with Crippen molar-refractivity contribution < 1.29 is 11.8 Å². The van der Waals surface area contributed by atoms with Crippen LogP contribution in [0.3, 0.4) is 0 Å². The lowest BCUT2D eigenvalue weighted by Gasteiger charge is -2.10. The Bertz CT molecular complexity index is 168. The van der Waals surface area contributed by atoms with Gasteiger partial charge in [-0.25, -0.2) is 0 Å². The van der Waals surface area contributed by atoms with Crippen LogP contribution in [0.2, 0.25) is 0 Å². The van der Waals surface area contributed by atoms with E-state index in [9.17, 15) is 4.57 Å². The van der Waals surface area contributed by atoms with Crippen LogP contribution in [-0.4, -0.2) is 18.3 Å². The molecule has 0 aromatic heterocycles. The molecule has 0 spiro atoms. The lowest BCUT2D eigenvalue weighted by atomic mass is 10.9. The summed E-state index contributed by atoms with van der Waals surface area (Å²) in [7, 11) is -3.29. The van der Waals surface area contributed by atoms with Gasteiger partial charge in [0.1, 0.15) is 0 Å². The summed E-state index contributed by atoms with van der Waals surface area (Å²) >= 11 is 5.26. The second-order valence-electron chi connectivity index (χ2n) is 1.49. The normalized spacial score (nSPS) is 22.1. The third-order valence-electron chi connectivity index (χ3n) is 0.883. The zero-order chi connectivity index (χ0) is 9.12. The van der Waals surface area contributed by atoms with Crippen molar-refractivity contribution in [2.75, 3.05) is 18.3 Å². The fourth-order valence-electron chi connectivity index (χ4n) is 0.384. The topological polar surface area (TPSA) is 26.3 Å². The summed E-state index contributed by atoms with van der Waals surface area (Å²) in [5, 5.41) is 0. The summed E-state index contributed by atoms with van der Waals surface area (Å²) in [4.78, 5) is 0. The standard InChI is InChI=1S/C5H12ClO2P/c1-3-8-9(7,4-2)5-6/h3-5H2,1-2H3/i5D2. The molecule has 0 radical (unpaired) electrons. The Kier molecular flexibility index (Phi) is 2.98. The quantitative estimate of drug-likeness (QED) is 0.481. The molecule has 1 unspecified atom stereocenters. The molecule has 1 atom stereocenters. The molecule has 0 aliphatic rings. The Hall–Kier alpha value is 0.480. The number of hydrogen-bond donors (Lipinski definition) is 0. The molecule has 0 aliphatic carbocycles. The molecule has 0 heterocycles. The highest BCUT2D eigenvalue weighted by Gasteiger charge is 2.16. The molecule has 0 saturated heterocycles. The first-order valence-corrected chi connectivity index (χ1v) is 4.98. The first kappa shape index (κ1) is 6.21. The minimum atomic E-state index is -3.29. The van der Waals surface area contributed by atoms with Crippen LogP contribution in [0.4, 0.5) is 0 Å². The smallest absolute Gasteiger partial charge is 0.217 e. The van der Waals surface area contributed by atoms with Gasteiger partial charge in [-0.1, -0.05) is 6.92 Å². The molecule has 2 nitrogen and oxygen atoms in total. The van der Waals surface area contributed by atoms with Crippen molar-refractivity contribution in [3.05, 3.63) is 0 Å². The van der Waals surface area contributed by atoms with Crippen LogP contribution in [-0.2, 0) is 9.09 Å². The van der Waals surface area contributed by atoms with E-state index in [2.05, 4.69) is 0 Å². The summed E-state index contributed by atoms with van der Waals surface area (Å²) in [6.45, 7) is 3.47. The van der Waals surface area contributed by atoms with Gasteiger partial charge in [0.15, 0.2) is 0 Å². The average Bonchev–Trinajstić information content (AvgIpc) is 1.86. The molecule has 0 N–H and O–H groups in total. The maximum atomic E-state index is 11.5. The summed E-state index contributed by atoms with van der Waals surface area (Å²) in [6, 6.07) is 0. The van der Waals surface area contributed by atoms with Gasteiger partial charge in [0, 0.05) is 6.16 Å². The minimum absolute atomic E-state index is 0.122. The molecule has 4 heteroatoms. The van der Waals surface area contributed by atoms with Gasteiger partial charge in [-0.05, 0) is 6.92 Å². The molecular formula is C5H12ClO2P. The molecular weight excluding hydrogens is 158 g/mol. The van der Waals surface area contributed by atoms with Crippen LogP contribution in [0.1, 0.15) is 16.6 Å². The minimum Gasteiger partial charge on any atom is -0.328 e. The molecule has 0 amide bonds. The SMILES string of the molecule is [2H]C([2H])(Cl)P(=O)(CC)OCC. The predicted octanol–water partition coefficient (Wildman–Crippen LogP) is 2.52. The van der Waals surface area contributed by atoms with Crippen molar-refractivity contribution in [3.63, 3.8) is 0 Å². The second kappa shape index (κ2) is 4.32. The monoisotopic (exact) mass is 172 g/mol. The predicted molar refractivity (Wildman–Crippen MR) is 40.5 cm³/mol. The largest absolute Gasteiger partial charge is 0.328 e. The summed E-state index contributed by atoms with van der Waals surface area (Å²) in [6.07, 6.45) is 0.122. The first-order chi connectivity index (χ1) is 4.87. The van der Waals surface area contributed by atoms with Crippen molar-refractivity contribution in [2.45, 2.75) is 13.8 Å². The van der Waals surface area contributed by atoms with Gasteiger partial charge in [-0.2, -0.15) is 0 Å². The van der Waals surface area contributed by atoms with E-state index >= 15 is 0 Å². The van der Waals surface area contributed by atoms with Crippen LogP contribution in [0, 0.1) is 0 Å². The van der Waals surface area contributed by atoms with Crippen LogP contribution >= 0.6 is 19.0 Å². The zero-order valence-corrected chi connectivity index (χ0v) is 7.21. The summed E-state index contributed by atoms with van der Waals surface area (Å²) in [5.41, 5.74) is -2.24. The number of halogens is 1. The van der Waals surface area contributed by atoms with E-state index < -0.39 is 12.9 Å². The molecule has 0 aliphatic heterocycles. The Morgan fingerprint density at radius 2 is 2.33 bits per heavy atom. The maximum Gasteiger partial charge on any atom is 0.217 e. The third-order valence-corrected chi connectivity index (χ3v) is 3.42. The summed E-state index contributed by atoms with van der Waals surface area (Å²) < 4.78 is 30.3. The van der Waals surface area contributed by atoms with E-state index in [4.69, 9.17) is 18.9 Å². The summed E-state index contributed by atoms with van der Waals surface area (Å²) in [5.74, 6) is 0. The lowest BCUT2D eigenvalue weighted by molar-refractivity contribution is 0.337. The molecule has 0 rings (SSSR count). The highest BCUT2D eigenvalue weighted by molar-refractivity contribution is 7.60. The fraction of sp³-hybridized carbons (Fsp3) is 1.00. The van der Waals surface area contributed by atoms with E-state index in [-0.39, 0.29) is 12.8 Å².